The number of hydrogen-bond acceptors (Lipinski definition) is 4. The molecule has 2 amide bonds. The van der Waals surface area contributed by atoms with E-state index in [1.165, 1.54) is 16.0 Å². The second-order valence-electron chi connectivity index (χ2n) is 7.80. The summed E-state index contributed by atoms with van der Waals surface area (Å²) < 4.78 is 0. The summed E-state index contributed by atoms with van der Waals surface area (Å²) in [5.41, 5.74) is 3.34. The maximum absolute atomic E-state index is 12.6. The SMILES string of the molecule is C[C@@H]1CC[C@H]2C(=O)N(CNc3ccc(Cc4ccncc4)cc3)C(=O)[C@@H]2C1. The highest BCUT2D eigenvalue weighted by molar-refractivity contribution is 6.05. The predicted octanol–water partition coefficient (Wildman–Crippen LogP) is 3.46. The number of aromatic nitrogens is 1. The number of fused-ring (bicyclic) bond motifs is 1. The second-order valence-corrected chi connectivity index (χ2v) is 7.80. The standard InChI is InChI=1S/C22H25N3O2/c1-15-2-7-19-20(12-15)22(27)25(21(19)26)14-24-18-5-3-16(4-6-18)13-17-8-10-23-11-9-17/h3-6,8-11,15,19-20,24H,2,7,12-14H2,1H3/t15-,19-,20-/m1/s1. The predicted molar refractivity (Wildman–Crippen MR) is 104 cm³/mol. The summed E-state index contributed by atoms with van der Waals surface area (Å²) in [4.78, 5) is 30.7. The number of likely N-dealkylation sites (tertiary alicyclic amines) is 1. The zero-order valence-corrected chi connectivity index (χ0v) is 15.6. The number of carbonyl (C=O) groups is 2. The third-order valence-electron chi connectivity index (χ3n) is 5.83. The van der Waals surface area contributed by atoms with Gasteiger partial charge in [-0.1, -0.05) is 19.1 Å². The van der Waals surface area contributed by atoms with E-state index in [0.717, 1.165) is 31.4 Å². The number of hydrogen-bond donors (Lipinski definition) is 1. The van der Waals surface area contributed by atoms with E-state index in [9.17, 15) is 9.59 Å². The van der Waals surface area contributed by atoms with Crippen LogP contribution in [-0.2, 0) is 16.0 Å². The third kappa shape index (κ3) is 3.72. The van der Waals surface area contributed by atoms with Gasteiger partial charge in [-0.2, -0.15) is 0 Å². The lowest BCUT2D eigenvalue weighted by atomic mass is 9.76. The van der Waals surface area contributed by atoms with Crippen LogP contribution in [0, 0.1) is 17.8 Å². The lowest BCUT2D eigenvalue weighted by molar-refractivity contribution is -0.139. The first-order valence-corrected chi connectivity index (χ1v) is 9.69. The summed E-state index contributed by atoms with van der Waals surface area (Å²) in [6, 6.07) is 12.1. The molecule has 1 saturated heterocycles. The Labute approximate surface area is 159 Å². The minimum atomic E-state index is -0.106. The van der Waals surface area contributed by atoms with Gasteiger partial charge in [-0.25, -0.2) is 0 Å². The monoisotopic (exact) mass is 363 g/mol. The Hall–Kier alpha value is -2.69. The molecule has 2 aromatic rings. The van der Waals surface area contributed by atoms with Crippen LogP contribution in [0.25, 0.3) is 0 Å². The van der Waals surface area contributed by atoms with Gasteiger partial charge >= 0.3 is 0 Å². The van der Waals surface area contributed by atoms with Gasteiger partial charge in [0.05, 0.1) is 18.5 Å². The molecule has 2 fully saturated rings. The lowest BCUT2D eigenvalue weighted by Gasteiger charge is -2.25. The Kier molecular flexibility index (Phi) is 4.92. The van der Waals surface area contributed by atoms with Gasteiger partial charge in [0.25, 0.3) is 0 Å². The van der Waals surface area contributed by atoms with E-state index in [1.807, 2.05) is 24.3 Å². The minimum Gasteiger partial charge on any atom is -0.367 e. The molecule has 0 radical (unpaired) electrons. The summed E-state index contributed by atoms with van der Waals surface area (Å²) in [6.07, 6.45) is 7.18. The first-order chi connectivity index (χ1) is 13.1. The third-order valence-corrected chi connectivity index (χ3v) is 5.83. The maximum Gasteiger partial charge on any atom is 0.234 e. The fraction of sp³-hybridized carbons (Fsp3) is 0.409. The van der Waals surface area contributed by atoms with E-state index in [2.05, 4.69) is 29.4 Å². The van der Waals surface area contributed by atoms with Crippen molar-refractivity contribution in [3.8, 4) is 0 Å². The van der Waals surface area contributed by atoms with Gasteiger partial charge in [-0.05, 0) is 67.0 Å². The molecule has 1 saturated carbocycles. The van der Waals surface area contributed by atoms with Gasteiger partial charge < -0.3 is 5.32 Å². The average molecular weight is 363 g/mol. The quantitative estimate of drug-likeness (QED) is 0.827. The van der Waals surface area contributed by atoms with Crippen molar-refractivity contribution in [3.05, 3.63) is 59.9 Å². The molecule has 0 unspecified atom stereocenters. The van der Waals surface area contributed by atoms with Crippen molar-refractivity contribution >= 4 is 17.5 Å². The molecule has 1 aliphatic carbocycles. The fourth-order valence-electron chi connectivity index (χ4n) is 4.26. The number of pyridine rings is 1. The Morgan fingerprint density at radius 3 is 2.37 bits per heavy atom. The topological polar surface area (TPSA) is 62.3 Å². The van der Waals surface area contributed by atoms with Crippen molar-refractivity contribution in [3.63, 3.8) is 0 Å². The van der Waals surface area contributed by atoms with Gasteiger partial charge in [-0.15, -0.1) is 0 Å². The average Bonchev–Trinajstić information content (AvgIpc) is 2.92. The second kappa shape index (κ2) is 7.51. The zero-order valence-electron chi connectivity index (χ0n) is 15.6. The maximum atomic E-state index is 12.6. The van der Waals surface area contributed by atoms with Crippen LogP contribution in [0.3, 0.4) is 0 Å². The molecule has 140 valence electrons. The minimum absolute atomic E-state index is 0.00120. The van der Waals surface area contributed by atoms with Gasteiger partial charge in [0, 0.05) is 18.1 Å². The first-order valence-electron chi connectivity index (χ1n) is 9.69. The molecule has 0 bridgehead atoms. The van der Waals surface area contributed by atoms with Crippen molar-refractivity contribution in [1.82, 2.24) is 9.88 Å². The van der Waals surface area contributed by atoms with Crippen LogP contribution >= 0.6 is 0 Å². The van der Waals surface area contributed by atoms with E-state index in [0.29, 0.717) is 5.92 Å². The van der Waals surface area contributed by atoms with E-state index in [-0.39, 0.29) is 30.3 Å². The molecule has 4 rings (SSSR count). The summed E-state index contributed by atoms with van der Waals surface area (Å²) in [5.74, 6) is 0.324. The van der Waals surface area contributed by atoms with Crippen molar-refractivity contribution < 1.29 is 9.59 Å². The largest absolute Gasteiger partial charge is 0.367 e. The van der Waals surface area contributed by atoms with Crippen LogP contribution in [0.4, 0.5) is 5.69 Å². The highest BCUT2D eigenvalue weighted by Crippen LogP contribution is 2.40. The molecular formula is C22H25N3O2. The molecule has 1 aromatic carbocycles. The smallest absolute Gasteiger partial charge is 0.234 e. The number of benzene rings is 1. The normalized spacial score (nSPS) is 24.8. The van der Waals surface area contributed by atoms with Crippen LogP contribution < -0.4 is 5.32 Å². The van der Waals surface area contributed by atoms with Crippen molar-refractivity contribution in [1.29, 1.82) is 0 Å². The van der Waals surface area contributed by atoms with Crippen LogP contribution in [0.2, 0.25) is 0 Å². The summed E-state index contributed by atoms with van der Waals surface area (Å²) >= 11 is 0. The van der Waals surface area contributed by atoms with E-state index < -0.39 is 0 Å². The lowest BCUT2D eigenvalue weighted by Crippen LogP contribution is -2.35. The summed E-state index contributed by atoms with van der Waals surface area (Å²) in [6.45, 7) is 2.42. The van der Waals surface area contributed by atoms with Crippen molar-refractivity contribution in [2.45, 2.75) is 32.6 Å². The van der Waals surface area contributed by atoms with Gasteiger partial charge in [0.15, 0.2) is 0 Å². The van der Waals surface area contributed by atoms with E-state index >= 15 is 0 Å². The molecule has 5 nitrogen and oxygen atoms in total. The number of imide groups is 1. The summed E-state index contributed by atoms with van der Waals surface area (Å²) in [7, 11) is 0. The number of nitrogens with zero attached hydrogens (tertiary/aromatic N) is 2. The van der Waals surface area contributed by atoms with Crippen LogP contribution in [-0.4, -0.2) is 28.4 Å². The van der Waals surface area contributed by atoms with Crippen LogP contribution in [0.5, 0.6) is 0 Å². The van der Waals surface area contributed by atoms with Gasteiger partial charge in [0.1, 0.15) is 0 Å². The Balaban J connectivity index is 1.36. The molecule has 1 aromatic heterocycles. The van der Waals surface area contributed by atoms with Crippen LogP contribution in [0.1, 0.15) is 37.3 Å². The molecule has 3 atom stereocenters. The summed E-state index contributed by atoms with van der Waals surface area (Å²) in [5, 5.41) is 3.23. The molecule has 0 spiro atoms. The first kappa shape index (κ1) is 17.7. The molecule has 1 N–H and O–H groups in total. The highest BCUT2D eigenvalue weighted by Gasteiger charge is 2.49. The van der Waals surface area contributed by atoms with Gasteiger partial charge in [0.2, 0.25) is 11.8 Å². The molecule has 27 heavy (non-hydrogen) atoms. The Bertz CT molecular complexity index is 819. The van der Waals surface area contributed by atoms with E-state index in [4.69, 9.17) is 0 Å². The van der Waals surface area contributed by atoms with Crippen molar-refractivity contribution in [2.75, 3.05) is 12.0 Å². The highest BCUT2D eigenvalue weighted by atomic mass is 16.2. The number of rotatable bonds is 5. The molecule has 2 heterocycles. The number of carbonyl (C=O) groups excluding carboxylic acids is 2. The molecule has 1 aliphatic heterocycles. The fourth-order valence-corrected chi connectivity index (χ4v) is 4.26. The van der Waals surface area contributed by atoms with Gasteiger partial charge in [-0.3, -0.25) is 19.5 Å². The molecule has 5 heteroatoms. The number of amides is 2. The molecule has 2 aliphatic rings. The Morgan fingerprint density at radius 2 is 1.63 bits per heavy atom. The zero-order chi connectivity index (χ0) is 18.8. The Morgan fingerprint density at radius 1 is 0.963 bits per heavy atom. The number of anilines is 1. The number of nitrogens with one attached hydrogen (secondary N) is 1. The van der Waals surface area contributed by atoms with E-state index in [1.54, 1.807) is 12.4 Å². The van der Waals surface area contributed by atoms with Crippen LogP contribution in [0.15, 0.2) is 48.8 Å². The van der Waals surface area contributed by atoms with Crippen molar-refractivity contribution in [2.24, 2.45) is 17.8 Å². The molecular weight excluding hydrogens is 338 g/mol.